The predicted octanol–water partition coefficient (Wildman–Crippen LogP) is 3.29. The van der Waals surface area contributed by atoms with Crippen LogP contribution >= 0.6 is 0 Å². The van der Waals surface area contributed by atoms with Gasteiger partial charge in [-0.1, -0.05) is 0 Å². The van der Waals surface area contributed by atoms with E-state index in [1.165, 1.54) is 31.2 Å². The molecule has 0 saturated carbocycles. The third-order valence-corrected chi connectivity index (χ3v) is 4.14. The van der Waals surface area contributed by atoms with E-state index >= 15 is 0 Å². The number of benzene rings is 2. The molecule has 2 amide bonds. The number of methoxy groups -OCH3 is 2. The molecule has 0 unspecified atom stereocenters. The normalized spacial score (nSPS) is 10.2. The number of hydrogen-bond donors (Lipinski definition) is 2. The maximum atomic E-state index is 12.8. The number of rotatable bonds is 7. The summed E-state index contributed by atoms with van der Waals surface area (Å²) in [5, 5.41) is 5.13. The number of nitrogens with zero attached hydrogens (tertiary/aromatic N) is 2. The van der Waals surface area contributed by atoms with Crippen LogP contribution in [0.5, 0.6) is 17.2 Å². The molecule has 2 N–H and O–H groups in total. The van der Waals surface area contributed by atoms with E-state index in [1.54, 1.807) is 42.5 Å². The van der Waals surface area contributed by atoms with Crippen LogP contribution in [0.1, 0.15) is 6.92 Å². The maximum Gasteiger partial charge on any atom is 0.325 e. The summed E-state index contributed by atoms with van der Waals surface area (Å²) >= 11 is 0. The van der Waals surface area contributed by atoms with Crippen LogP contribution in [0, 0.1) is 0 Å². The molecule has 0 fully saturated rings. The highest BCUT2D eigenvalue weighted by molar-refractivity contribution is 5.99. The van der Waals surface area contributed by atoms with Gasteiger partial charge in [-0.2, -0.15) is 0 Å². The van der Waals surface area contributed by atoms with Crippen molar-refractivity contribution >= 4 is 17.5 Å². The predicted molar refractivity (Wildman–Crippen MR) is 113 cm³/mol. The first kappa shape index (κ1) is 20.7. The zero-order chi connectivity index (χ0) is 21.5. The topological polar surface area (TPSA) is 104 Å². The second-order valence-corrected chi connectivity index (χ2v) is 6.03. The van der Waals surface area contributed by atoms with Crippen LogP contribution in [0.15, 0.2) is 59.7 Å². The molecule has 0 saturated heterocycles. The van der Waals surface area contributed by atoms with Gasteiger partial charge >= 0.3 is 6.03 Å². The molecule has 3 aromatic rings. The zero-order valence-corrected chi connectivity index (χ0v) is 16.8. The zero-order valence-electron chi connectivity index (χ0n) is 16.8. The van der Waals surface area contributed by atoms with Crippen LogP contribution in [-0.4, -0.2) is 36.4 Å². The van der Waals surface area contributed by atoms with Gasteiger partial charge in [0.15, 0.2) is 11.5 Å². The Morgan fingerprint density at radius 1 is 1.03 bits per heavy atom. The smallest absolute Gasteiger partial charge is 0.325 e. The number of carbonyl (C=O) groups is 1. The van der Waals surface area contributed by atoms with Gasteiger partial charge in [-0.3, -0.25) is 14.7 Å². The lowest BCUT2D eigenvalue weighted by molar-refractivity contribution is 0.262. The minimum Gasteiger partial charge on any atom is -0.494 e. The van der Waals surface area contributed by atoms with Crippen LogP contribution in [0.25, 0.3) is 5.69 Å². The second kappa shape index (κ2) is 9.46. The van der Waals surface area contributed by atoms with E-state index in [9.17, 15) is 9.59 Å². The number of amides is 2. The van der Waals surface area contributed by atoms with Gasteiger partial charge in [-0.15, -0.1) is 0 Å². The molecule has 0 aliphatic heterocycles. The van der Waals surface area contributed by atoms with Crippen LogP contribution in [0.2, 0.25) is 0 Å². The Hall–Kier alpha value is -4.01. The van der Waals surface area contributed by atoms with Crippen molar-refractivity contribution in [1.82, 2.24) is 9.55 Å². The molecule has 30 heavy (non-hydrogen) atoms. The van der Waals surface area contributed by atoms with Crippen LogP contribution in [-0.2, 0) is 0 Å². The van der Waals surface area contributed by atoms with Gasteiger partial charge in [-0.05, 0) is 43.3 Å². The monoisotopic (exact) mass is 410 g/mol. The minimum absolute atomic E-state index is 0.115. The number of nitrogens with one attached hydrogen (secondary N) is 2. The Bertz CT molecular complexity index is 1080. The molecule has 9 heteroatoms. The van der Waals surface area contributed by atoms with E-state index in [0.717, 1.165) is 0 Å². The van der Waals surface area contributed by atoms with Gasteiger partial charge in [0.1, 0.15) is 5.75 Å². The first-order chi connectivity index (χ1) is 14.5. The van der Waals surface area contributed by atoms with Crippen molar-refractivity contribution in [1.29, 1.82) is 0 Å². The molecule has 9 nitrogen and oxygen atoms in total. The first-order valence-corrected chi connectivity index (χ1v) is 9.16. The molecule has 1 heterocycles. The van der Waals surface area contributed by atoms with E-state index < -0.39 is 11.6 Å². The summed E-state index contributed by atoms with van der Waals surface area (Å²) in [6, 6.07) is 11.3. The molecule has 0 aliphatic rings. The van der Waals surface area contributed by atoms with Gasteiger partial charge in [0, 0.05) is 24.1 Å². The third-order valence-electron chi connectivity index (χ3n) is 4.14. The Kier molecular flexibility index (Phi) is 6.53. The largest absolute Gasteiger partial charge is 0.494 e. The highest BCUT2D eigenvalue weighted by Gasteiger charge is 2.12. The summed E-state index contributed by atoms with van der Waals surface area (Å²) in [5.41, 5.74) is 0.591. The molecule has 0 bridgehead atoms. The fourth-order valence-corrected chi connectivity index (χ4v) is 2.75. The summed E-state index contributed by atoms with van der Waals surface area (Å²) in [6.07, 6.45) is 2.92. The number of aromatic nitrogens is 2. The number of anilines is 2. The van der Waals surface area contributed by atoms with Crippen LogP contribution in [0.4, 0.5) is 16.3 Å². The number of carbonyl (C=O) groups excluding carboxylic acids is 1. The molecule has 2 aromatic carbocycles. The maximum absolute atomic E-state index is 12.8. The Morgan fingerprint density at radius 3 is 2.43 bits per heavy atom. The average molecular weight is 410 g/mol. The van der Waals surface area contributed by atoms with Gasteiger partial charge in [0.25, 0.3) is 5.56 Å². The van der Waals surface area contributed by atoms with Crippen molar-refractivity contribution in [3.8, 4) is 22.9 Å². The third kappa shape index (κ3) is 4.69. The van der Waals surface area contributed by atoms with E-state index in [0.29, 0.717) is 35.2 Å². The Morgan fingerprint density at radius 2 is 1.77 bits per heavy atom. The lowest BCUT2D eigenvalue weighted by Gasteiger charge is -2.12. The first-order valence-electron chi connectivity index (χ1n) is 9.16. The molecule has 3 rings (SSSR count). The van der Waals surface area contributed by atoms with Crippen molar-refractivity contribution in [3.63, 3.8) is 0 Å². The van der Waals surface area contributed by atoms with Gasteiger partial charge in [0.05, 0.1) is 26.5 Å². The van der Waals surface area contributed by atoms with Gasteiger partial charge in [0.2, 0.25) is 5.82 Å². The summed E-state index contributed by atoms with van der Waals surface area (Å²) in [5.74, 6) is 1.60. The van der Waals surface area contributed by atoms with Gasteiger partial charge < -0.3 is 19.5 Å². The molecule has 0 spiro atoms. The summed E-state index contributed by atoms with van der Waals surface area (Å²) in [4.78, 5) is 29.1. The SMILES string of the molecule is CCOc1ccc(NC(=O)Nc2nccn(-c3ccc(OC)c(OC)c3)c2=O)cc1. The summed E-state index contributed by atoms with van der Waals surface area (Å²) < 4.78 is 17.2. The Balaban J connectivity index is 1.78. The second-order valence-electron chi connectivity index (χ2n) is 6.03. The molecule has 0 radical (unpaired) electrons. The highest BCUT2D eigenvalue weighted by atomic mass is 16.5. The van der Waals surface area contributed by atoms with E-state index in [4.69, 9.17) is 14.2 Å². The summed E-state index contributed by atoms with van der Waals surface area (Å²) in [7, 11) is 3.04. The van der Waals surface area contributed by atoms with Gasteiger partial charge in [-0.25, -0.2) is 9.78 Å². The van der Waals surface area contributed by atoms with Crippen LogP contribution < -0.4 is 30.4 Å². The standard InChI is InChI=1S/C21H22N4O5/c1-4-30-16-8-5-14(6-9-16)23-21(27)24-19-20(26)25(12-11-22-19)15-7-10-17(28-2)18(13-15)29-3/h5-13H,4H2,1-3H3,(H2,22,23,24,27). The van der Waals surface area contributed by atoms with Crippen molar-refractivity contribution in [2.45, 2.75) is 6.92 Å². The number of hydrogen-bond acceptors (Lipinski definition) is 6. The lowest BCUT2D eigenvalue weighted by Crippen LogP contribution is -2.28. The Labute approximate surface area is 173 Å². The number of ether oxygens (including phenoxy) is 3. The minimum atomic E-state index is -0.589. The summed E-state index contributed by atoms with van der Waals surface area (Å²) in [6.45, 7) is 2.44. The molecular formula is C21H22N4O5. The van der Waals surface area contributed by atoms with Crippen molar-refractivity contribution in [2.75, 3.05) is 31.5 Å². The van der Waals surface area contributed by atoms with Crippen molar-refractivity contribution in [2.24, 2.45) is 0 Å². The molecule has 156 valence electrons. The quantitative estimate of drug-likeness (QED) is 0.619. The number of urea groups is 1. The average Bonchev–Trinajstić information content (AvgIpc) is 2.76. The fourth-order valence-electron chi connectivity index (χ4n) is 2.75. The van der Waals surface area contributed by atoms with Crippen molar-refractivity contribution in [3.05, 3.63) is 65.2 Å². The van der Waals surface area contributed by atoms with E-state index in [2.05, 4.69) is 15.6 Å². The molecule has 1 aromatic heterocycles. The fraction of sp³-hybridized carbons (Fsp3) is 0.190. The van der Waals surface area contributed by atoms with Crippen molar-refractivity contribution < 1.29 is 19.0 Å². The molecule has 0 aliphatic carbocycles. The highest BCUT2D eigenvalue weighted by Crippen LogP contribution is 2.28. The van der Waals surface area contributed by atoms with E-state index in [1.807, 2.05) is 6.92 Å². The van der Waals surface area contributed by atoms with Crippen LogP contribution in [0.3, 0.4) is 0 Å². The molecular weight excluding hydrogens is 388 g/mol. The molecule has 0 atom stereocenters. The lowest BCUT2D eigenvalue weighted by atomic mass is 10.2. The van der Waals surface area contributed by atoms with E-state index in [-0.39, 0.29) is 5.82 Å².